The zero-order valence-electron chi connectivity index (χ0n) is 19.0. The number of nitrogens with zero attached hydrogens (tertiary/aromatic N) is 1. The van der Waals surface area contributed by atoms with Crippen molar-refractivity contribution in [3.05, 3.63) is 84.2 Å². The second kappa shape index (κ2) is 12.9. The molecule has 10 nitrogen and oxygen atoms in total. The molecule has 3 aromatic rings. The average Bonchev–Trinajstić information content (AvgIpc) is 2.90. The van der Waals surface area contributed by atoms with Crippen molar-refractivity contribution < 1.29 is 19.6 Å². The first-order chi connectivity index (χ1) is 17.0. The molecule has 2 aromatic carbocycles. The van der Waals surface area contributed by atoms with Crippen molar-refractivity contribution >= 4 is 23.4 Å². The number of carbonyl (C=O) groups excluding carboxylic acids is 3. The largest absolute Gasteiger partial charge is 0.339 e. The van der Waals surface area contributed by atoms with E-state index in [1.54, 1.807) is 36.7 Å². The Morgan fingerprint density at radius 2 is 1.54 bits per heavy atom. The number of anilines is 1. The van der Waals surface area contributed by atoms with E-state index in [0.717, 1.165) is 23.1 Å². The van der Waals surface area contributed by atoms with Gasteiger partial charge in [-0.25, -0.2) is 5.48 Å². The number of hydrogen-bond donors (Lipinski definition) is 6. The number of rotatable bonds is 11. The summed E-state index contributed by atoms with van der Waals surface area (Å²) in [7, 11) is 0. The summed E-state index contributed by atoms with van der Waals surface area (Å²) in [4.78, 5) is 39.9. The summed E-state index contributed by atoms with van der Waals surface area (Å²) in [5.74, 6) is -1.40. The fraction of sp³-hybridized carbons (Fsp3) is 0.200. The highest BCUT2D eigenvalue weighted by atomic mass is 16.5. The highest BCUT2D eigenvalue weighted by Gasteiger charge is 2.19. The van der Waals surface area contributed by atoms with Crippen LogP contribution in [0.25, 0.3) is 11.1 Å². The third-order valence-electron chi connectivity index (χ3n) is 5.24. The molecule has 0 saturated heterocycles. The van der Waals surface area contributed by atoms with Crippen LogP contribution in [0.5, 0.6) is 0 Å². The lowest BCUT2D eigenvalue weighted by Crippen LogP contribution is -2.50. The number of pyridine rings is 1. The van der Waals surface area contributed by atoms with Crippen LogP contribution in [-0.2, 0) is 16.0 Å². The number of amides is 3. The smallest absolute Gasteiger partial charge is 0.267 e. The first kappa shape index (κ1) is 25.5. The van der Waals surface area contributed by atoms with Gasteiger partial charge in [-0.1, -0.05) is 24.3 Å². The average molecular weight is 477 g/mol. The molecule has 0 spiro atoms. The highest BCUT2D eigenvalue weighted by Crippen LogP contribution is 2.22. The van der Waals surface area contributed by atoms with Crippen molar-refractivity contribution in [1.29, 1.82) is 0 Å². The molecular weight excluding hydrogens is 448 g/mol. The standard InChI is InChI=1S/C25H28N6O4/c26-15-22(25(34)31-35)30-24(33)20-3-1-18(2-4-20)19-5-7-21(8-6-19)29-23(32)16-28-14-11-17-9-12-27-13-10-17/h1-10,12-13,22,28,35H,11,14-16,26H2,(H,29,32)(H,30,33)(H,31,34)/t22-/m0/s1. The van der Waals surface area contributed by atoms with Gasteiger partial charge in [-0.05, 0) is 66.1 Å². The number of carbonyl (C=O) groups is 3. The molecule has 0 aliphatic heterocycles. The molecule has 1 atom stereocenters. The topological polar surface area (TPSA) is 158 Å². The molecule has 0 unspecified atom stereocenters. The lowest BCUT2D eigenvalue weighted by atomic mass is 10.0. The molecule has 7 N–H and O–H groups in total. The lowest BCUT2D eigenvalue weighted by Gasteiger charge is -2.14. The molecule has 0 aliphatic carbocycles. The number of aromatic nitrogens is 1. The van der Waals surface area contributed by atoms with E-state index in [1.165, 1.54) is 5.48 Å². The minimum absolute atomic E-state index is 0.131. The van der Waals surface area contributed by atoms with Gasteiger partial charge in [-0.15, -0.1) is 0 Å². The van der Waals surface area contributed by atoms with Crippen LogP contribution < -0.4 is 27.2 Å². The van der Waals surface area contributed by atoms with Gasteiger partial charge in [0, 0.05) is 30.2 Å². The minimum Gasteiger partial charge on any atom is -0.339 e. The predicted octanol–water partition coefficient (Wildman–Crippen LogP) is 1.08. The summed E-state index contributed by atoms with van der Waals surface area (Å²) in [6.45, 7) is 0.744. The van der Waals surface area contributed by atoms with Gasteiger partial charge in [0.05, 0.1) is 6.54 Å². The summed E-state index contributed by atoms with van der Waals surface area (Å²) in [6, 6.07) is 17.0. The quantitative estimate of drug-likeness (QED) is 0.137. The van der Waals surface area contributed by atoms with Gasteiger partial charge in [-0.2, -0.15) is 0 Å². The van der Waals surface area contributed by atoms with Crippen LogP contribution in [0.4, 0.5) is 5.69 Å². The summed E-state index contributed by atoms with van der Waals surface area (Å²) in [6.07, 6.45) is 4.31. The zero-order valence-corrected chi connectivity index (χ0v) is 19.0. The highest BCUT2D eigenvalue weighted by molar-refractivity contribution is 5.98. The van der Waals surface area contributed by atoms with E-state index in [4.69, 9.17) is 10.9 Å². The summed E-state index contributed by atoms with van der Waals surface area (Å²) >= 11 is 0. The minimum atomic E-state index is -1.04. The maximum absolute atomic E-state index is 12.3. The molecule has 0 aliphatic rings. The van der Waals surface area contributed by atoms with Crippen molar-refractivity contribution in [3.63, 3.8) is 0 Å². The fourth-order valence-corrected chi connectivity index (χ4v) is 3.30. The van der Waals surface area contributed by atoms with Crippen LogP contribution in [0, 0.1) is 0 Å². The maximum atomic E-state index is 12.3. The van der Waals surface area contributed by atoms with Crippen LogP contribution in [-0.4, -0.2) is 53.6 Å². The van der Waals surface area contributed by atoms with Gasteiger partial charge >= 0.3 is 0 Å². The number of hydroxylamine groups is 1. The Morgan fingerprint density at radius 3 is 2.14 bits per heavy atom. The first-order valence-electron chi connectivity index (χ1n) is 11.0. The van der Waals surface area contributed by atoms with Crippen molar-refractivity contribution in [1.82, 2.24) is 21.1 Å². The molecule has 1 heterocycles. The third kappa shape index (κ3) is 7.71. The van der Waals surface area contributed by atoms with Gasteiger partial charge < -0.3 is 21.7 Å². The number of hydrogen-bond acceptors (Lipinski definition) is 7. The van der Waals surface area contributed by atoms with Crippen LogP contribution in [0.2, 0.25) is 0 Å². The second-order valence-corrected chi connectivity index (χ2v) is 7.72. The molecule has 0 radical (unpaired) electrons. The Balaban J connectivity index is 1.48. The third-order valence-corrected chi connectivity index (χ3v) is 5.24. The van der Waals surface area contributed by atoms with Crippen LogP contribution in [0.1, 0.15) is 15.9 Å². The van der Waals surface area contributed by atoms with E-state index >= 15 is 0 Å². The second-order valence-electron chi connectivity index (χ2n) is 7.72. The fourth-order valence-electron chi connectivity index (χ4n) is 3.30. The van der Waals surface area contributed by atoms with Gasteiger partial charge in [0.25, 0.3) is 11.8 Å². The van der Waals surface area contributed by atoms with Crippen molar-refractivity contribution in [3.8, 4) is 11.1 Å². The van der Waals surface area contributed by atoms with Gasteiger partial charge in [-0.3, -0.25) is 24.6 Å². The lowest BCUT2D eigenvalue weighted by molar-refractivity contribution is -0.130. The SMILES string of the molecule is NC[C@H](NC(=O)c1ccc(-c2ccc(NC(=O)CNCCc3ccncc3)cc2)cc1)C(=O)NO. The van der Waals surface area contributed by atoms with Crippen molar-refractivity contribution in [2.24, 2.45) is 5.73 Å². The zero-order chi connectivity index (χ0) is 25.0. The van der Waals surface area contributed by atoms with Crippen molar-refractivity contribution in [2.45, 2.75) is 12.5 Å². The van der Waals surface area contributed by atoms with E-state index < -0.39 is 17.9 Å². The number of nitrogens with two attached hydrogens (primary N) is 1. The summed E-state index contributed by atoms with van der Waals surface area (Å²) in [5, 5.41) is 17.1. The van der Waals surface area contributed by atoms with Crippen LogP contribution in [0.3, 0.4) is 0 Å². The molecule has 3 amide bonds. The monoisotopic (exact) mass is 476 g/mol. The van der Waals surface area contributed by atoms with E-state index in [0.29, 0.717) is 17.8 Å². The molecule has 35 heavy (non-hydrogen) atoms. The molecular formula is C25H28N6O4. The molecule has 0 saturated carbocycles. The Labute approximate surface area is 202 Å². The summed E-state index contributed by atoms with van der Waals surface area (Å²) in [5.41, 5.74) is 10.9. The van der Waals surface area contributed by atoms with Gasteiger partial charge in [0.1, 0.15) is 6.04 Å². The molecule has 3 rings (SSSR count). The molecule has 10 heteroatoms. The van der Waals surface area contributed by atoms with Gasteiger partial charge in [0.2, 0.25) is 5.91 Å². The Hall–Kier alpha value is -4.12. The predicted molar refractivity (Wildman–Crippen MR) is 132 cm³/mol. The van der Waals surface area contributed by atoms with Crippen LogP contribution >= 0.6 is 0 Å². The molecule has 1 aromatic heterocycles. The Kier molecular flexibility index (Phi) is 9.43. The first-order valence-corrected chi connectivity index (χ1v) is 11.0. The van der Waals surface area contributed by atoms with Gasteiger partial charge in [0.15, 0.2) is 0 Å². The van der Waals surface area contributed by atoms with E-state index in [9.17, 15) is 14.4 Å². The van der Waals surface area contributed by atoms with E-state index in [2.05, 4.69) is 20.9 Å². The normalized spacial score (nSPS) is 11.4. The molecule has 0 fully saturated rings. The Bertz CT molecular complexity index is 1120. The number of benzene rings is 2. The maximum Gasteiger partial charge on any atom is 0.267 e. The molecule has 182 valence electrons. The van der Waals surface area contributed by atoms with Crippen LogP contribution in [0.15, 0.2) is 73.1 Å². The Morgan fingerprint density at radius 1 is 0.914 bits per heavy atom. The number of nitrogens with one attached hydrogen (secondary N) is 4. The van der Waals surface area contributed by atoms with Crippen molar-refractivity contribution in [2.75, 3.05) is 25.0 Å². The van der Waals surface area contributed by atoms with E-state index in [1.807, 2.05) is 36.4 Å². The van der Waals surface area contributed by atoms with E-state index in [-0.39, 0.29) is 19.0 Å². The molecule has 0 bridgehead atoms. The summed E-state index contributed by atoms with van der Waals surface area (Å²) < 4.78 is 0.